The van der Waals surface area contributed by atoms with E-state index in [0.717, 1.165) is 25.1 Å². The zero-order chi connectivity index (χ0) is 17.6. The highest BCUT2D eigenvalue weighted by atomic mass is 35.5. The number of piperidine rings is 1. The van der Waals surface area contributed by atoms with Crippen molar-refractivity contribution in [3.8, 4) is 0 Å². The van der Waals surface area contributed by atoms with Crippen molar-refractivity contribution in [1.29, 1.82) is 0 Å². The Morgan fingerprint density at radius 1 is 1.36 bits per heavy atom. The van der Waals surface area contributed by atoms with E-state index in [4.69, 9.17) is 11.6 Å². The molecule has 25 heavy (non-hydrogen) atoms. The van der Waals surface area contributed by atoms with E-state index in [0.29, 0.717) is 21.9 Å². The van der Waals surface area contributed by atoms with Crippen molar-refractivity contribution in [1.82, 2.24) is 19.7 Å². The van der Waals surface area contributed by atoms with Crippen LogP contribution in [0.25, 0.3) is 0 Å². The van der Waals surface area contributed by atoms with Gasteiger partial charge in [0.05, 0.1) is 6.04 Å². The topological polar surface area (TPSA) is 51.0 Å². The Kier molecular flexibility index (Phi) is 4.60. The molecule has 5 nitrogen and oxygen atoms in total. The number of aryl methyl sites for hydroxylation is 1. The molecule has 0 radical (unpaired) electrons. The first-order chi connectivity index (χ1) is 12.0. The number of fused-ring (bicyclic) bond motifs is 1. The Morgan fingerprint density at radius 3 is 2.88 bits per heavy atom. The molecule has 0 saturated carbocycles. The number of nitrogens with zero attached hydrogens (tertiary/aromatic N) is 4. The zero-order valence-electron chi connectivity index (χ0n) is 14.4. The number of hydrogen-bond donors (Lipinski definition) is 0. The minimum absolute atomic E-state index is 0.00347. The first kappa shape index (κ1) is 17.1. The van der Waals surface area contributed by atoms with Gasteiger partial charge in [-0.3, -0.25) is 9.69 Å². The Balaban J connectivity index is 1.72. The maximum Gasteiger partial charge on any atom is 0.264 e. The molecule has 3 atom stereocenters. The molecule has 132 valence electrons. The van der Waals surface area contributed by atoms with Gasteiger partial charge in [0.1, 0.15) is 11.1 Å². The Morgan fingerprint density at radius 2 is 2.16 bits per heavy atom. The highest BCUT2D eigenvalue weighted by Crippen LogP contribution is 2.43. The Labute approximate surface area is 156 Å². The largest absolute Gasteiger partial charge is 0.294 e. The van der Waals surface area contributed by atoms with Gasteiger partial charge in [-0.15, -0.1) is 5.10 Å². The second-order valence-electron chi connectivity index (χ2n) is 6.94. The standard InChI is InChI=1S/C18H21ClN4OS/c1-11-6-5-9-22(10-11)15(13-7-3-4-8-14(13)19)16-17(24)23-18(25-16)20-12(2)21-23/h3-4,7-8,11,15-16H,5-6,9-10H2,1-2H3. The number of benzene rings is 1. The first-order valence-electron chi connectivity index (χ1n) is 8.67. The predicted molar refractivity (Wildman–Crippen MR) is 99.2 cm³/mol. The highest BCUT2D eigenvalue weighted by Gasteiger charge is 2.44. The molecule has 4 rings (SSSR count). The summed E-state index contributed by atoms with van der Waals surface area (Å²) in [6.45, 7) is 6.05. The predicted octanol–water partition coefficient (Wildman–Crippen LogP) is 3.83. The maximum atomic E-state index is 13.0. The molecule has 1 aromatic carbocycles. The summed E-state index contributed by atoms with van der Waals surface area (Å²) in [5.74, 6) is 1.26. The number of rotatable bonds is 3. The molecule has 0 aliphatic carbocycles. The molecule has 0 bridgehead atoms. The van der Waals surface area contributed by atoms with Gasteiger partial charge in [-0.2, -0.15) is 4.68 Å². The fraction of sp³-hybridized carbons (Fsp3) is 0.500. The Bertz CT molecular complexity index is 808. The van der Waals surface area contributed by atoms with Crippen LogP contribution in [0.1, 0.15) is 42.0 Å². The van der Waals surface area contributed by atoms with Crippen molar-refractivity contribution in [2.75, 3.05) is 13.1 Å². The lowest BCUT2D eigenvalue weighted by molar-refractivity contribution is 0.0788. The van der Waals surface area contributed by atoms with Gasteiger partial charge in [-0.1, -0.05) is 48.5 Å². The van der Waals surface area contributed by atoms with Crippen LogP contribution in [0.3, 0.4) is 0 Å². The van der Waals surface area contributed by atoms with Gasteiger partial charge in [-0.25, -0.2) is 4.98 Å². The van der Waals surface area contributed by atoms with Crippen molar-refractivity contribution in [3.05, 3.63) is 40.7 Å². The first-order valence-corrected chi connectivity index (χ1v) is 9.93. The van der Waals surface area contributed by atoms with Crippen molar-refractivity contribution in [3.63, 3.8) is 0 Å². The lowest BCUT2D eigenvalue weighted by atomic mass is 9.94. The van der Waals surface area contributed by atoms with E-state index in [9.17, 15) is 4.79 Å². The van der Waals surface area contributed by atoms with Crippen LogP contribution in [-0.2, 0) is 0 Å². The minimum atomic E-state index is -0.263. The molecular formula is C18H21ClN4OS. The molecule has 1 saturated heterocycles. The van der Waals surface area contributed by atoms with Gasteiger partial charge in [0.2, 0.25) is 0 Å². The van der Waals surface area contributed by atoms with E-state index in [2.05, 4.69) is 21.9 Å². The molecular weight excluding hydrogens is 356 g/mol. The third kappa shape index (κ3) is 3.11. The fourth-order valence-electron chi connectivity index (χ4n) is 3.84. The van der Waals surface area contributed by atoms with Gasteiger partial charge in [0.15, 0.2) is 5.16 Å². The molecule has 1 fully saturated rings. The molecule has 0 amide bonds. The van der Waals surface area contributed by atoms with Crippen LogP contribution in [0, 0.1) is 12.8 Å². The van der Waals surface area contributed by atoms with E-state index >= 15 is 0 Å². The van der Waals surface area contributed by atoms with Gasteiger partial charge < -0.3 is 0 Å². The van der Waals surface area contributed by atoms with Crippen molar-refractivity contribution in [2.24, 2.45) is 5.92 Å². The van der Waals surface area contributed by atoms with Gasteiger partial charge in [0.25, 0.3) is 5.91 Å². The molecule has 1 aromatic heterocycles. The summed E-state index contributed by atoms with van der Waals surface area (Å²) < 4.78 is 1.46. The van der Waals surface area contributed by atoms with Gasteiger partial charge in [-0.05, 0) is 43.9 Å². The summed E-state index contributed by atoms with van der Waals surface area (Å²) in [7, 11) is 0. The summed E-state index contributed by atoms with van der Waals surface area (Å²) >= 11 is 8.04. The van der Waals surface area contributed by atoms with Crippen LogP contribution >= 0.6 is 23.4 Å². The fourth-order valence-corrected chi connectivity index (χ4v) is 5.38. The summed E-state index contributed by atoms with van der Waals surface area (Å²) in [5.41, 5.74) is 1.02. The number of carbonyl (C=O) groups is 1. The van der Waals surface area contributed by atoms with Crippen LogP contribution in [-0.4, -0.2) is 43.9 Å². The van der Waals surface area contributed by atoms with E-state index < -0.39 is 0 Å². The summed E-state index contributed by atoms with van der Waals surface area (Å²) in [4.78, 5) is 19.8. The zero-order valence-corrected chi connectivity index (χ0v) is 15.9. The number of aromatic nitrogens is 3. The molecule has 2 aromatic rings. The average molecular weight is 377 g/mol. The van der Waals surface area contributed by atoms with Crippen molar-refractivity contribution >= 4 is 29.3 Å². The number of hydrogen-bond acceptors (Lipinski definition) is 5. The van der Waals surface area contributed by atoms with Crippen LogP contribution in [0.4, 0.5) is 0 Å². The summed E-state index contributed by atoms with van der Waals surface area (Å²) in [5, 5.41) is 5.41. The molecule has 0 spiro atoms. The van der Waals surface area contributed by atoms with Crippen molar-refractivity contribution in [2.45, 2.75) is 43.1 Å². The highest BCUT2D eigenvalue weighted by molar-refractivity contribution is 8.00. The van der Waals surface area contributed by atoms with Crippen LogP contribution in [0.15, 0.2) is 29.4 Å². The van der Waals surface area contributed by atoms with E-state index in [1.165, 1.54) is 22.9 Å². The second-order valence-corrected chi connectivity index (χ2v) is 8.45. The third-order valence-corrected chi connectivity index (χ3v) is 6.49. The lowest BCUT2D eigenvalue weighted by Gasteiger charge is -2.39. The minimum Gasteiger partial charge on any atom is -0.294 e. The van der Waals surface area contributed by atoms with Crippen LogP contribution < -0.4 is 0 Å². The van der Waals surface area contributed by atoms with Crippen LogP contribution in [0.5, 0.6) is 0 Å². The molecule has 3 unspecified atom stereocenters. The number of carbonyl (C=O) groups excluding carboxylic acids is 1. The SMILES string of the molecule is Cc1nc2n(n1)C(=O)C(C(c1ccccc1Cl)N1CCCC(C)C1)S2. The molecule has 2 aliphatic heterocycles. The quantitative estimate of drug-likeness (QED) is 0.814. The monoisotopic (exact) mass is 376 g/mol. The maximum absolute atomic E-state index is 13.0. The van der Waals surface area contributed by atoms with E-state index in [1.807, 2.05) is 31.2 Å². The third-order valence-electron chi connectivity index (χ3n) is 4.96. The number of thioether (sulfide) groups is 1. The number of halogens is 1. The molecule has 7 heteroatoms. The lowest BCUT2D eigenvalue weighted by Crippen LogP contribution is -2.43. The summed E-state index contributed by atoms with van der Waals surface area (Å²) in [6.07, 6.45) is 2.38. The molecule has 0 N–H and O–H groups in total. The smallest absolute Gasteiger partial charge is 0.264 e. The second kappa shape index (κ2) is 6.74. The molecule has 2 aliphatic rings. The normalized spacial score (nSPS) is 25.2. The summed E-state index contributed by atoms with van der Waals surface area (Å²) in [6, 6.07) is 7.81. The average Bonchev–Trinajstić information content (AvgIpc) is 3.08. The molecule has 3 heterocycles. The van der Waals surface area contributed by atoms with Gasteiger partial charge >= 0.3 is 0 Å². The van der Waals surface area contributed by atoms with Crippen LogP contribution in [0.2, 0.25) is 5.02 Å². The van der Waals surface area contributed by atoms with E-state index in [1.54, 1.807) is 0 Å². The van der Waals surface area contributed by atoms with Crippen molar-refractivity contribution < 1.29 is 4.79 Å². The number of likely N-dealkylation sites (tertiary alicyclic amines) is 1. The Hall–Kier alpha value is -1.37. The van der Waals surface area contributed by atoms with Gasteiger partial charge in [0, 0.05) is 11.6 Å². The van der Waals surface area contributed by atoms with E-state index in [-0.39, 0.29) is 17.2 Å².